The van der Waals surface area contributed by atoms with E-state index in [4.69, 9.17) is 18.0 Å². The third-order valence-corrected chi connectivity index (χ3v) is 6.32. The molecule has 5 nitrogen and oxygen atoms in total. The van der Waals surface area contributed by atoms with Crippen LogP contribution in [0.3, 0.4) is 0 Å². The maximum Gasteiger partial charge on any atom is 0.217 e. The van der Waals surface area contributed by atoms with Crippen LogP contribution in [0.5, 0.6) is 0 Å². The van der Waals surface area contributed by atoms with Gasteiger partial charge >= 0.3 is 0 Å². The van der Waals surface area contributed by atoms with Gasteiger partial charge in [0.2, 0.25) is 10.0 Å². The first-order valence-electron chi connectivity index (χ1n) is 7.16. The molecule has 1 aliphatic carbocycles. The number of thiocarbonyl (C=S) groups is 1. The number of hydrogen-bond acceptors (Lipinski definition) is 4. The van der Waals surface area contributed by atoms with E-state index in [1.165, 1.54) is 4.31 Å². The van der Waals surface area contributed by atoms with E-state index >= 15 is 0 Å². The fourth-order valence-electron chi connectivity index (χ4n) is 2.62. The zero-order chi connectivity index (χ0) is 15.3. The molecule has 2 N–H and O–H groups in total. The summed E-state index contributed by atoms with van der Waals surface area (Å²) in [5.41, 5.74) is 6.41. The number of aromatic nitrogens is 1. The van der Waals surface area contributed by atoms with Crippen molar-refractivity contribution in [1.82, 2.24) is 9.29 Å². The Labute approximate surface area is 131 Å². The van der Waals surface area contributed by atoms with Crippen molar-refractivity contribution in [2.45, 2.75) is 43.9 Å². The smallest absolute Gasteiger partial charge is 0.217 e. The number of pyridine rings is 1. The van der Waals surface area contributed by atoms with E-state index < -0.39 is 10.0 Å². The Kier molecular flexibility index (Phi) is 5.66. The minimum atomic E-state index is -3.30. The molecule has 1 fully saturated rings. The lowest BCUT2D eigenvalue weighted by Crippen LogP contribution is -2.39. The molecule has 0 radical (unpaired) electrons. The van der Waals surface area contributed by atoms with Crippen molar-refractivity contribution in [3.8, 4) is 0 Å². The van der Waals surface area contributed by atoms with E-state index in [1.807, 2.05) is 12.1 Å². The van der Waals surface area contributed by atoms with E-state index in [1.54, 1.807) is 12.4 Å². The minimum Gasteiger partial charge on any atom is -0.393 e. The van der Waals surface area contributed by atoms with Gasteiger partial charge in [0.05, 0.1) is 10.2 Å². The lowest BCUT2D eigenvalue weighted by Gasteiger charge is -2.25. The second-order valence-corrected chi connectivity index (χ2v) is 8.10. The summed E-state index contributed by atoms with van der Waals surface area (Å²) >= 11 is 4.88. The number of nitrogens with two attached hydrogens (primary N) is 1. The molecule has 1 aromatic rings. The van der Waals surface area contributed by atoms with Gasteiger partial charge in [-0.05, 0) is 24.5 Å². The van der Waals surface area contributed by atoms with Crippen LogP contribution in [-0.2, 0) is 16.6 Å². The van der Waals surface area contributed by atoms with Gasteiger partial charge in [-0.15, -0.1) is 0 Å². The first kappa shape index (κ1) is 16.3. The van der Waals surface area contributed by atoms with Crippen LogP contribution in [0.1, 0.15) is 37.7 Å². The maximum absolute atomic E-state index is 12.8. The summed E-state index contributed by atoms with van der Waals surface area (Å²) in [5.74, 6) is 0. The second kappa shape index (κ2) is 7.29. The van der Waals surface area contributed by atoms with Gasteiger partial charge in [-0.2, -0.15) is 4.31 Å². The Morgan fingerprint density at radius 1 is 1.43 bits per heavy atom. The Hall–Kier alpha value is -1.05. The minimum absolute atomic E-state index is 0.263. The summed E-state index contributed by atoms with van der Waals surface area (Å²) in [7, 11) is -3.30. The normalized spacial score (nSPS) is 16.4. The van der Waals surface area contributed by atoms with Crippen molar-refractivity contribution >= 4 is 27.2 Å². The summed E-state index contributed by atoms with van der Waals surface area (Å²) < 4.78 is 27.1. The zero-order valence-electron chi connectivity index (χ0n) is 11.9. The summed E-state index contributed by atoms with van der Waals surface area (Å²) in [6.45, 7) is 0.665. The molecule has 0 amide bonds. The maximum atomic E-state index is 12.8. The summed E-state index contributed by atoms with van der Waals surface area (Å²) in [6, 6.07) is 3.69. The predicted molar refractivity (Wildman–Crippen MR) is 87.2 cm³/mol. The van der Waals surface area contributed by atoms with Crippen LogP contribution >= 0.6 is 12.2 Å². The second-order valence-electron chi connectivity index (χ2n) is 5.36. The molecule has 0 spiro atoms. The van der Waals surface area contributed by atoms with Crippen LogP contribution in [0.15, 0.2) is 24.5 Å². The van der Waals surface area contributed by atoms with E-state index in [-0.39, 0.29) is 5.25 Å². The van der Waals surface area contributed by atoms with Gasteiger partial charge in [-0.1, -0.05) is 31.1 Å². The zero-order valence-corrected chi connectivity index (χ0v) is 13.6. The van der Waals surface area contributed by atoms with Crippen molar-refractivity contribution in [2.24, 2.45) is 5.73 Å². The Morgan fingerprint density at radius 3 is 2.71 bits per heavy atom. The highest BCUT2D eigenvalue weighted by Gasteiger charge is 2.33. The van der Waals surface area contributed by atoms with Crippen LogP contribution in [0.4, 0.5) is 0 Å². The van der Waals surface area contributed by atoms with Crippen LogP contribution in [0, 0.1) is 0 Å². The summed E-state index contributed by atoms with van der Waals surface area (Å²) in [5, 5.41) is -0.263. The molecule has 1 heterocycles. The SMILES string of the molecule is NC(=S)CCN(Cc1cccnc1)S(=O)(=O)C1CCCC1. The fourth-order valence-corrected chi connectivity index (χ4v) is 4.74. The van der Waals surface area contributed by atoms with E-state index in [0.717, 1.165) is 31.2 Å². The first-order valence-corrected chi connectivity index (χ1v) is 9.07. The molecule has 0 bridgehead atoms. The molecule has 0 aliphatic heterocycles. The molecule has 0 saturated heterocycles. The highest BCUT2D eigenvalue weighted by Crippen LogP contribution is 2.28. The molecular formula is C14H21N3O2S2. The molecule has 116 valence electrons. The van der Waals surface area contributed by atoms with Crippen molar-refractivity contribution in [1.29, 1.82) is 0 Å². The molecule has 7 heteroatoms. The molecule has 0 atom stereocenters. The van der Waals surface area contributed by atoms with Crippen molar-refractivity contribution < 1.29 is 8.42 Å². The number of rotatable bonds is 7. The van der Waals surface area contributed by atoms with Crippen LogP contribution in [0.2, 0.25) is 0 Å². The standard InChI is InChI=1S/C14H21N3O2S2/c15-14(20)7-9-17(11-12-4-3-8-16-10-12)21(18,19)13-5-1-2-6-13/h3-4,8,10,13H,1-2,5-7,9,11H2,(H2,15,20). The van der Waals surface area contributed by atoms with E-state index in [2.05, 4.69) is 4.98 Å². The highest BCUT2D eigenvalue weighted by atomic mass is 32.2. The van der Waals surface area contributed by atoms with E-state index in [0.29, 0.717) is 24.5 Å². The average Bonchev–Trinajstić information content (AvgIpc) is 2.99. The lowest BCUT2D eigenvalue weighted by atomic mass is 10.3. The van der Waals surface area contributed by atoms with E-state index in [9.17, 15) is 8.42 Å². The third-order valence-electron chi connectivity index (χ3n) is 3.77. The molecule has 0 unspecified atom stereocenters. The van der Waals surface area contributed by atoms with Gasteiger partial charge < -0.3 is 5.73 Å². The fraction of sp³-hybridized carbons (Fsp3) is 0.571. The molecular weight excluding hydrogens is 306 g/mol. The van der Waals surface area contributed by atoms with Gasteiger partial charge in [0.15, 0.2) is 0 Å². The Bertz CT molecular complexity index is 569. The van der Waals surface area contributed by atoms with Gasteiger partial charge in [0.1, 0.15) is 0 Å². The van der Waals surface area contributed by atoms with Crippen LogP contribution in [-0.4, -0.2) is 34.5 Å². The quantitative estimate of drug-likeness (QED) is 0.773. The first-order chi connectivity index (χ1) is 10.00. The summed E-state index contributed by atoms with van der Waals surface area (Å²) in [4.78, 5) is 4.38. The number of hydrogen-bond donors (Lipinski definition) is 1. The molecule has 2 rings (SSSR count). The van der Waals surface area contributed by atoms with Gasteiger partial charge in [-0.3, -0.25) is 4.98 Å². The third kappa shape index (κ3) is 4.46. The number of sulfonamides is 1. The van der Waals surface area contributed by atoms with Crippen molar-refractivity contribution in [3.05, 3.63) is 30.1 Å². The Balaban J connectivity index is 2.16. The van der Waals surface area contributed by atoms with Crippen molar-refractivity contribution in [3.63, 3.8) is 0 Å². The lowest BCUT2D eigenvalue weighted by molar-refractivity contribution is 0.406. The summed E-state index contributed by atoms with van der Waals surface area (Å²) in [6.07, 6.45) is 7.24. The molecule has 1 aromatic heterocycles. The highest BCUT2D eigenvalue weighted by molar-refractivity contribution is 7.89. The van der Waals surface area contributed by atoms with Gasteiger partial charge in [0, 0.05) is 31.9 Å². The van der Waals surface area contributed by atoms with Gasteiger partial charge in [-0.25, -0.2) is 8.42 Å². The van der Waals surface area contributed by atoms with Crippen LogP contribution < -0.4 is 5.73 Å². The van der Waals surface area contributed by atoms with Crippen LogP contribution in [0.25, 0.3) is 0 Å². The Morgan fingerprint density at radius 2 is 2.14 bits per heavy atom. The molecule has 1 saturated carbocycles. The average molecular weight is 327 g/mol. The van der Waals surface area contributed by atoms with Crippen molar-refractivity contribution in [2.75, 3.05) is 6.54 Å². The van der Waals surface area contributed by atoms with Gasteiger partial charge in [0.25, 0.3) is 0 Å². The predicted octanol–water partition coefficient (Wildman–Crippen LogP) is 1.83. The number of nitrogens with zero attached hydrogens (tertiary/aromatic N) is 2. The molecule has 0 aromatic carbocycles. The molecule has 1 aliphatic rings. The monoisotopic (exact) mass is 327 g/mol. The molecule has 21 heavy (non-hydrogen) atoms. The largest absolute Gasteiger partial charge is 0.393 e. The topological polar surface area (TPSA) is 76.3 Å².